The van der Waals surface area contributed by atoms with E-state index in [0.717, 1.165) is 6.07 Å². The van der Waals surface area contributed by atoms with Gasteiger partial charge < -0.3 is 14.7 Å². The molecule has 1 atom stereocenters. The molecule has 0 fully saturated rings. The van der Waals surface area contributed by atoms with Crippen LogP contribution in [-0.4, -0.2) is 14.2 Å². The minimum Gasteiger partial charge on any atom is -0.460 e. The SMILES string of the molecule is [2H]C1(c2c(F)cccc2Cl)OC(N)=C(OS(=O)(=O)Cc2ccccc2)C1=O. The van der Waals surface area contributed by atoms with Gasteiger partial charge in [0.1, 0.15) is 11.6 Å². The quantitative estimate of drug-likeness (QED) is 0.778. The first kappa shape index (κ1) is 16.9. The van der Waals surface area contributed by atoms with E-state index in [1.165, 1.54) is 12.1 Å². The highest BCUT2D eigenvalue weighted by Crippen LogP contribution is 2.37. The molecule has 1 unspecified atom stereocenters. The largest absolute Gasteiger partial charge is 0.460 e. The lowest BCUT2D eigenvalue weighted by Gasteiger charge is -2.12. The lowest BCUT2D eigenvalue weighted by molar-refractivity contribution is -0.123. The zero-order chi connectivity index (χ0) is 19.8. The molecule has 0 aromatic heterocycles. The van der Waals surface area contributed by atoms with Crippen LogP contribution >= 0.6 is 11.6 Å². The third kappa shape index (κ3) is 3.66. The van der Waals surface area contributed by atoms with Gasteiger partial charge in [-0.05, 0) is 17.7 Å². The first-order chi connectivity index (χ1) is 12.6. The molecule has 0 spiro atoms. The highest BCUT2D eigenvalue weighted by atomic mass is 35.5. The molecular formula is C17H13ClFNO5S. The van der Waals surface area contributed by atoms with E-state index in [2.05, 4.69) is 0 Å². The van der Waals surface area contributed by atoms with Crippen molar-refractivity contribution in [3.8, 4) is 0 Å². The van der Waals surface area contributed by atoms with Gasteiger partial charge in [0.15, 0.2) is 6.08 Å². The molecule has 2 N–H and O–H groups in total. The van der Waals surface area contributed by atoms with E-state index in [1.54, 1.807) is 30.3 Å². The monoisotopic (exact) mass is 398 g/mol. The number of ketones is 1. The van der Waals surface area contributed by atoms with E-state index in [0.29, 0.717) is 5.56 Å². The topological polar surface area (TPSA) is 95.7 Å². The molecule has 1 aliphatic rings. The number of carbonyl (C=O) groups excluding carboxylic acids is 1. The third-order valence-electron chi connectivity index (χ3n) is 3.43. The predicted octanol–water partition coefficient (Wildman–Crippen LogP) is 2.79. The molecule has 2 aromatic rings. The molecule has 0 amide bonds. The fraction of sp³-hybridized carbons (Fsp3) is 0.118. The number of hydrogen-bond donors (Lipinski definition) is 1. The highest BCUT2D eigenvalue weighted by Gasteiger charge is 2.41. The zero-order valence-electron chi connectivity index (χ0n) is 14.1. The summed E-state index contributed by atoms with van der Waals surface area (Å²) in [5.41, 5.74) is 5.37. The minimum atomic E-state index is -4.29. The molecule has 0 saturated carbocycles. The number of Topliss-reactive ketones (excluding diaryl/α,β-unsaturated/α-hetero) is 1. The average Bonchev–Trinajstić information content (AvgIpc) is 2.79. The molecule has 1 heterocycles. The van der Waals surface area contributed by atoms with E-state index in [9.17, 15) is 17.6 Å². The standard InChI is InChI=1S/C17H13ClFNO5S/c18-11-7-4-8-12(19)13(11)15-14(21)16(17(20)24-15)25-26(22,23)9-10-5-2-1-3-6-10/h1-8,15H,9,20H2/i15D. The van der Waals surface area contributed by atoms with Crippen molar-refractivity contribution >= 4 is 27.5 Å². The van der Waals surface area contributed by atoms with Crippen LogP contribution in [0.15, 0.2) is 60.2 Å². The van der Waals surface area contributed by atoms with Crippen LogP contribution in [0.4, 0.5) is 4.39 Å². The van der Waals surface area contributed by atoms with E-state index in [4.69, 9.17) is 27.6 Å². The summed E-state index contributed by atoms with van der Waals surface area (Å²) in [7, 11) is -4.29. The van der Waals surface area contributed by atoms with Crippen molar-refractivity contribution < 1.29 is 27.9 Å². The summed E-state index contributed by atoms with van der Waals surface area (Å²) in [5, 5.41) is -0.250. The Labute approximate surface area is 155 Å². The van der Waals surface area contributed by atoms with Gasteiger partial charge in [-0.2, -0.15) is 8.42 Å². The van der Waals surface area contributed by atoms with Crippen LogP contribution in [0, 0.1) is 5.82 Å². The second kappa shape index (κ2) is 6.97. The molecule has 0 radical (unpaired) electrons. The first-order valence-electron chi connectivity index (χ1n) is 7.78. The number of rotatable bonds is 5. The normalized spacial score (nSPS) is 20.7. The van der Waals surface area contributed by atoms with Gasteiger partial charge in [-0.15, -0.1) is 0 Å². The molecular weight excluding hydrogens is 385 g/mol. The van der Waals surface area contributed by atoms with Gasteiger partial charge >= 0.3 is 10.1 Å². The Morgan fingerprint density at radius 3 is 2.58 bits per heavy atom. The van der Waals surface area contributed by atoms with Gasteiger partial charge in [-0.3, -0.25) is 4.79 Å². The number of hydrogen-bond acceptors (Lipinski definition) is 6. The Morgan fingerprint density at radius 1 is 1.23 bits per heavy atom. The van der Waals surface area contributed by atoms with Crippen LogP contribution in [0.5, 0.6) is 0 Å². The smallest absolute Gasteiger partial charge is 0.313 e. The lowest BCUT2D eigenvalue weighted by atomic mass is 10.1. The van der Waals surface area contributed by atoms with Crippen molar-refractivity contribution in [1.82, 2.24) is 0 Å². The Kier molecular flexibility index (Phi) is 4.52. The maximum atomic E-state index is 14.1. The molecule has 0 aliphatic carbocycles. The predicted molar refractivity (Wildman–Crippen MR) is 91.6 cm³/mol. The van der Waals surface area contributed by atoms with Gasteiger partial charge in [-0.25, -0.2) is 4.39 Å². The van der Waals surface area contributed by atoms with Crippen molar-refractivity contribution in [3.05, 3.63) is 82.1 Å². The van der Waals surface area contributed by atoms with Crippen molar-refractivity contribution in [2.45, 2.75) is 11.8 Å². The van der Waals surface area contributed by atoms with Crippen molar-refractivity contribution in [2.24, 2.45) is 5.73 Å². The molecule has 3 rings (SSSR count). The van der Waals surface area contributed by atoms with E-state index < -0.39 is 50.8 Å². The lowest BCUT2D eigenvalue weighted by Crippen LogP contribution is -2.17. The number of halogens is 2. The fourth-order valence-electron chi connectivity index (χ4n) is 2.31. The summed E-state index contributed by atoms with van der Waals surface area (Å²) in [6, 6.07) is 11.6. The summed E-state index contributed by atoms with van der Waals surface area (Å²) in [5.74, 6) is -4.43. The van der Waals surface area contributed by atoms with E-state index in [-0.39, 0.29) is 5.02 Å². The van der Waals surface area contributed by atoms with Crippen LogP contribution in [0.3, 0.4) is 0 Å². The molecule has 1 aliphatic heterocycles. The number of benzene rings is 2. The van der Waals surface area contributed by atoms with E-state index >= 15 is 0 Å². The maximum Gasteiger partial charge on any atom is 0.313 e. The number of ether oxygens (including phenoxy) is 1. The Bertz CT molecular complexity index is 1020. The fourth-order valence-corrected chi connectivity index (χ4v) is 3.63. The molecule has 136 valence electrons. The summed E-state index contributed by atoms with van der Waals surface area (Å²) >= 11 is 5.89. The highest BCUT2D eigenvalue weighted by molar-refractivity contribution is 7.86. The minimum absolute atomic E-state index is 0.250. The Morgan fingerprint density at radius 2 is 1.92 bits per heavy atom. The first-order valence-corrected chi connectivity index (χ1v) is 9.24. The second-order valence-electron chi connectivity index (χ2n) is 5.32. The van der Waals surface area contributed by atoms with Crippen LogP contribution in [0.2, 0.25) is 5.02 Å². The van der Waals surface area contributed by atoms with Crippen molar-refractivity contribution in [3.63, 3.8) is 0 Å². The molecule has 0 bridgehead atoms. The van der Waals surface area contributed by atoms with E-state index in [1.807, 2.05) is 0 Å². The van der Waals surface area contributed by atoms with Gasteiger partial charge in [-0.1, -0.05) is 48.0 Å². The number of carbonyl (C=O) groups is 1. The van der Waals surface area contributed by atoms with Crippen LogP contribution in [-0.2, 0) is 29.6 Å². The summed E-state index contributed by atoms with van der Waals surface area (Å²) in [4.78, 5) is 12.6. The zero-order valence-corrected chi connectivity index (χ0v) is 14.7. The van der Waals surface area contributed by atoms with Gasteiger partial charge in [0.05, 0.1) is 12.0 Å². The average molecular weight is 399 g/mol. The molecule has 6 nitrogen and oxygen atoms in total. The number of nitrogens with two attached hydrogens (primary N) is 1. The molecule has 9 heteroatoms. The van der Waals surface area contributed by atoms with Crippen molar-refractivity contribution in [1.29, 1.82) is 0 Å². The van der Waals surface area contributed by atoms with Gasteiger partial charge in [0, 0.05) is 0 Å². The summed E-state index contributed by atoms with van der Waals surface area (Å²) < 4.78 is 56.6. The third-order valence-corrected chi connectivity index (χ3v) is 4.86. The summed E-state index contributed by atoms with van der Waals surface area (Å²) in [6.45, 7) is 0. The molecule has 26 heavy (non-hydrogen) atoms. The molecule has 2 aromatic carbocycles. The van der Waals surface area contributed by atoms with Gasteiger partial charge in [0.2, 0.25) is 17.4 Å². The van der Waals surface area contributed by atoms with Crippen molar-refractivity contribution in [2.75, 3.05) is 0 Å². The van der Waals surface area contributed by atoms with Gasteiger partial charge in [0.25, 0.3) is 0 Å². The Balaban J connectivity index is 1.90. The Hall–Kier alpha value is -2.58. The summed E-state index contributed by atoms with van der Waals surface area (Å²) in [6.07, 6.45) is -2.69. The van der Waals surface area contributed by atoms with Crippen LogP contribution < -0.4 is 5.73 Å². The second-order valence-corrected chi connectivity index (χ2v) is 7.30. The van der Waals surface area contributed by atoms with Crippen LogP contribution in [0.1, 0.15) is 18.6 Å². The van der Waals surface area contributed by atoms with Crippen LogP contribution in [0.25, 0.3) is 0 Å². The maximum absolute atomic E-state index is 14.1. The molecule has 0 saturated heterocycles.